The summed E-state index contributed by atoms with van der Waals surface area (Å²) < 4.78 is 1.12. The van der Waals surface area contributed by atoms with Crippen LogP contribution in [0, 0.1) is 0 Å². The van der Waals surface area contributed by atoms with Gasteiger partial charge >= 0.3 is 0 Å². The maximum absolute atomic E-state index is 5.83. The smallest absolute Gasteiger partial charge is 0.0391 e. The summed E-state index contributed by atoms with van der Waals surface area (Å²) in [7, 11) is 2.16. The molecule has 2 atom stereocenters. The van der Waals surface area contributed by atoms with E-state index in [0.717, 1.165) is 24.1 Å². The number of benzene rings is 1. The Bertz CT molecular complexity index is 365. The van der Waals surface area contributed by atoms with Gasteiger partial charge in [0.05, 0.1) is 0 Å². The first kappa shape index (κ1) is 12.9. The molecule has 2 N–H and O–H groups in total. The molecule has 1 saturated heterocycles. The van der Waals surface area contributed by atoms with E-state index >= 15 is 0 Å². The Kier molecular flexibility index (Phi) is 4.07. The first-order valence-corrected chi connectivity index (χ1v) is 6.83. The predicted molar refractivity (Wildman–Crippen MR) is 76.4 cm³/mol. The Morgan fingerprint density at radius 2 is 1.94 bits per heavy atom. The highest BCUT2D eigenvalue weighted by Gasteiger charge is 2.28. The summed E-state index contributed by atoms with van der Waals surface area (Å²) in [5.74, 6) is 0. The van der Waals surface area contributed by atoms with Crippen LogP contribution in [0.2, 0.25) is 0 Å². The molecule has 1 aliphatic rings. The SMILES string of the molecule is CC1CN(C)C(CN)CN1c1ccc(Br)cc1. The summed E-state index contributed by atoms with van der Waals surface area (Å²) >= 11 is 3.47. The molecule has 3 nitrogen and oxygen atoms in total. The van der Waals surface area contributed by atoms with Crippen molar-refractivity contribution in [1.29, 1.82) is 0 Å². The molecule has 2 unspecified atom stereocenters. The van der Waals surface area contributed by atoms with E-state index in [9.17, 15) is 0 Å². The number of rotatable bonds is 2. The minimum Gasteiger partial charge on any atom is -0.366 e. The topological polar surface area (TPSA) is 32.5 Å². The highest BCUT2D eigenvalue weighted by molar-refractivity contribution is 9.10. The molecule has 0 amide bonds. The second-order valence-corrected chi connectivity index (χ2v) is 5.72. The van der Waals surface area contributed by atoms with Crippen LogP contribution in [0.4, 0.5) is 5.69 Å². The van der Waals surface area contributed by atoms with Crippen LogP contribution in [-0.2, 0) is 0 Å². The molecule has 0 saturated carbocycles. The lowest BCUT2D eigenvalue weighted by atomic mass is 10.1. The second-order valence-electron chi connectivity index (χ2n) is 4.81. The Balaban J connectivity index is 2.17. The highest BCUT2D eigenvalue weighted by atomic mass is 79.9. The zero-order valence-corrected chi connectivity index (χ0v) is 12.0. The number of nitrogens with two attached hydrogens (primary N) is 1. The second kappa shape index (κ2) is 5.38. The molecule has 0 radical (unpaired) electrons. The zero-order chi connectivity index (χ0) is 12.4. The number of piperazine rings is 1. The van der Waals surface area contributed by atoms with Crippen molar-refractivity contribution in [2.45, 2.75) is 19.0 Å². The van der Waals surface area contributed by atoms with E-state index < -0.39 is 0 Å². The van der Waals surface area contributed by atoms with Crippen LogP contribution in [-0.4, -0.2) is 43.7 Å². The number of likely N-dealkylation sites (N-methyl/N-ethyl adjacent to an activating group) is 1. The summed E-state index contributed by atoms with van der Waals surface area (Å²) in [6, 6.07) is 9.51. The molecular weight excluding hydrogens is 278 g/mol. The molecule has 0 spiro atoms. The Hall–Kier alpha value is -0.580. The van der Waals surface area contributed by atoms with Gasteiger partial charge in [0, 0.05) is 41.9 Å². The van der Waals surface area contributed by atoms with Gasteiger partial charge < -0.3 is 10.6 Å². The van der Waals surface area contributed by atoms with Crippen molar-refractivity contribution in [2.24, 2.45) is 5.73 Å². The van der Waals surface area contributed by atoms with Crippen molar-refractivity contribution in [3.05, 3.63) is 28.7 Å². The first-order valence-electron chi connectivity index (χ1n) is 6.04. The number of hydrogen-bond donors (Lipinski definition) is 1. The standard InChI is InChI=1S/C13H20BrN3/c1-10-8-16(2)13(7-15)9-17(10)12-5-3-11(14)4-6-12/h3-6,10,13H,7-9,15H2,1-2H3. The summed E-state index contributed by atoms with van der Waals surface area (Å²) in [6.45, 7) is 5.06. The summed E-state index contributed by atoms with van der Waals surface area (Å²) in [4.78, 5) is 4.81. The number of anilines is 1. The Morgan fingerprint density at radius 3 is 2.53 bits per heavy atom. The van der Waals surface area contributed by atoms with Crippen molar-refractivity contribution in [1.82, 2.24) is 4.90 Å². The van der Waals surface area contributed by atoms with Crippen LogP contribution in [0.25, 0.3) is 0 Å². The molecule has 1 fully saturated rings. The molecule has 17 heavy (non-hydrogen) atoms. The molecule has 4 heteroatoms. The van der Waals surface area contributed by atoms with E-state index in [1.165, 1.54) is 5.69 Å². The van der Waals surface area contributed by atoms with Gasteiger partial charge in [-0.3, -0.25) is 4.90 Å². The lowest BCUT2D eigenvalue weighted by Gasteiger charge is -2.44. The quantitative estimate of drug-likeness (QED) is 0.905. The first-order chi connectivity index (χ1) is 8.11. The van der Waals surface area contributed by atoms with E-state index in [0.29, 0.717) is 12.1 Å². The van der Waals surface area contributed by atoms with Crippen LogP contribution in [0.15, 0.2) is 28.7 Å². The minimum atomic E-state index is 0.454. The average Bonchev–Trinajstić information content (AvgIpc) is 2.31. The Morgan fingerprint density at radius 1 is 1.29 bits per heavy atom. The van der Waals surface area contributed by atoms with Crippen molar-refractivity contribution in [3.63, 3.8) is 0 Å². The maximum atomic E-state index is 5.83. The van der Waals surface area contributed by atoms with Gasteiger partial charge in [0.25, 0.3) is 0 Å². The minimum absolute atomic E-state index is 0.454. The third-order valence-corrected chi connectivity index (χ3v) is 4.07. The van der Waals surface area contributed by atoms with Gasteiger partial charge in [-0.25, -0.2) is 0 Å². The van der Waals surface area contributed by atoms with Gasteiger partial charge in [0.1, 0.15) is 0 Å². The average molecular weight is 298 g/mol. The summed E-state index contributed by atoms with van der Waals surface area (Å²) in [5.41, 5.74) is 7.11. The van der Waals surface area contributed by atoms with Gasteiger partial charge in [0.15, 0.2) is 0 Å². The number of halogens is 1. The largest absolute Gasteiger partial charge is 0.366 e. The molecule has 1 aromatic carbocycles. The van der Waals surface area contributed by atoms with Crippen LogP contribution in [0.3, 0.4) is 0 Å². The maximum Gasteiger partial charge on any atom is 0.0391 e. The fourth-order valence-electron chi connectivity index (χ4n) is 2.46. The van der Waals surface area contributed by atoms with Crippen LogP contribution in [0.1, 0.15) is 6.92 Å². The van der Waals surface area contributed by atoms with Crippen LogP contribution >= 0.6 is 15.9 Å². The third kappa shape index (κ3) is 2.81. The van der Waals surface area contributed by atoms with Gasteiger partial charge in [-0.05, 0) is 38.2 Å². The fourth-order valence-corrected chi connectivity index (χ4v) is 2.72. The molecule has 94 valence electrons. The van der Waals surface area contributed by atoms with Crippen LogP contribution in [0.5, 0.6) is 0 Å². The number of nitrogens with zero attached hydrogens (tertiary/aromatic N) is 2. The molecule has 2 rings (SSSR count). The Labute approximate surface area is 112 Å². The molecule has 0 aromatic heterocycles. The molecule has 1 heterocycles. The normalized spacial score (nSPS) is 26.2. The molecule has 0 bridgehead atoms. The van der Waals surface area contributed by atoms with E-state index in [1.807, 2.05) is 0 Å². The van der Waals surface area contributed by atoms with Crippen LogP contribution < -0.4 is 10.6 Å². The zero-order valence-electron chi connectivity index (χ0n) is 10.4. The van der Waals surface area contributed by atoms with Crippen molar-refractivity contribution in [2.75, 3.05) is 31.6 Å². The van der Waals surface area contributed by atoms with Gasteiger partial charge in [-0.15, -0.1) is 0 Å². The molecular formula is C13H20BrN3. The lowest BCUT2D eigenvalue weighted by Crippen LogP contribution is -2.58. The molecule has 1 aromatic rings. The highest BCUT2D eigenvalue weighted by Crippen LogP contribution is 2.24. The molecule has 0 aliphatic carbocycles. The van der Waals surface area contributed by atoms with Gasteiger partial charge in [-0.2, -0.15) is 0 Å². The van der Waals surface area contributed by atoms with E-state index in [-0.39, 0.29) is 0 Å². The third-order valence-electron chi connectivity index (χ3n) is 3.55. The summed E-state index contributed by atoms with van der Waals surface area (Å²) in [5, 5.41) is 0. The monoisotopic (exact) mass is 297 g/mol. The van der Waals surface area contributed by atoms with E-state index in [2.05, 4.69) is 64.0 Å². The fraction of sp³-hybridized carbons (Fsp3) is 0.538. The molecule has 1 aliphatic heterocycles. The van der Waals surface area contributed by atoms with E-state index in [1.54, 1.807) is 0 Å². The van der Waals surface area contributed by atoms with E-state index in [4.69, 9.17) is 5.73 Å². The number of hydrogen-bond acceptors (Lipinski definition) is 3. The van der Waals surface area contributed by atoms with Crippen molar-refractivity contribution in [3.8, 4) is 0 Å². The van der Waals surface area contributed by atoms with Gasteiger partial charge in [-0.1, -0.05) is 15.9 Å². The van der Waals surface area contributed by atoms with Crippen molar-refractivity contribution >= 4 is 21.6 Å². The summed E-state index contributed by atoms with van der Waals surface area (Å²) in [6.07, 6.45) is 0. The van der Waals surface area contributed by atoms with Crippen molar-refractivity contribution < 1.29 is 0 Å². The van der Waals surface area contributed by atoms with Gasteiger partial charge in [0.2, 0.25) is 0 Å². The lowest BCUT2D eigenvalue weighted by molar-refractivity contribution is 0.197. The predicted octanol–water partition coefficient (Wildman–Crippen LogP) is 1.92.